The lowest BCUT2D eigenvalue weighted by atomic mass is 9.99. The fraction of sp³-hybridized carbons (Fsp3) is 0.923. The van der Waals surface area contributed by atoms with Crippen LogP contribution in [-0.4, -0.2) is 47.3 Å². The normalized spacial score (nSPS) is 36.4. The Kier molecular flexibility index (Phi) is 4.40. The highest BCUT2D eigenvalue weighted by atomic mass is 16.5. The van der Waals surface area contributed by atoms with Gasteiger partial charge in [-0.05, 0) is 39.2 Å². The van der Waals surface area contributed by atoms with Gasteiger partial charge in [-0.1, -0.05) is 12.8 Å². The molecular formula is C13H23NO3. The molecule has 2 aliphatic rings. The summed E-state index contributed by atoms with van der Waals surface area (Å²) in [5, 5.41) is 9.36. The van der Waals surface area contributed by atoms with Gasteiger partial charge in [0.15, 0.2) is 0 Å². The number of hydrogen-bond donors (Lipinski definition) is 1. The molecule has 2 aliphatic heterocycles. The summed E-state index contributed by atoms with van der Waals surface area (Å²) in [5.41, 5.74) is 0. The number of ether oxygens (including phenoxy) is 1. The molecule has 0 saturated carbocycles. The van der Waals surface area contributed by atoms with Gasteiger partial charge >= 0.3 is 5.97 Å². The van der Waals surface area contributed by atoms with Crippen molar-refractivity contribution in [3.05, 3.63) is 0 Å². The van der Waals surface area contributed by atoms with E-state index in [1.54, 1.807) is 0 Å². The van der Waals surface area contributed by atoms with E-state index in [-0.39, 0.29) is 12.1 Å². The molecule has 0 spiro atoms. The molecule has 0 amide bonds. The summed E-state index contributed by atoms with van der Waals surface area (Å²) in [6, 6.07) is 0.130. The maximum atomic E-state index is 11.4. The van der Waals surface area contributed by atoms with Crippen LogP contribution in [0.1, 0.15) is 45.4 Å². The second-order valence-corrected chi connectivity index (χ2v) is 5.30. The van der Waals surface area contributed by atoms with Crippen LogP contribution < -0.4 is 0 Å². The second-order valence-electron chi connectivity index (χ2n) is 5.30. The molecule has 0 aromatic heterocycles. The molecule has 4 nitrogen and oxygen atoms in total. The summed E-state index contributed by atoms with van der Waals surface area (Å²) in [7, 11) is 0. The zero-order valence-electron chi connectivity index (χ0n) is 10.6. The fourth-order valence-electron chi connectivity index (χ4n) is 3.11. The Labute approximate surface area is 103 Å². The number of nitrogens with zero attached hydrogens (tertiary/aromatic N) is 1. The minimum Gasteiger partial charge on any atom is -0.480 e. The van der Waals surface area contributed by atoms with Crippen molar-refractivity contribution in [2.75, 3.05) is 13.2 Å². The number of carboxylic acid groups (broad SMARTS) is 1. The van der Waals surface area contributed by atoms with Crippen molar-refractivity contribution < 1.29 is 14.6 Å². The Morgan fingerprint density at radius 3 is 2.82 bits per heavy atom. The molecule has 0 radical (unpaired) electrons. The third kappa shape index (κ3) is 3.19. The largest absolute Gasteiger partial charge is 0.480 e. The Hall–Kier alpha value is -0.610. The maximum Gasteiger partial charge on any atom is 0.320 e. The summed E-state index contributed by atoms with van der Waals surface area (Å²) >= 11 is 0. The van der Waals surface area contributed by atoms with Crippen molar-refractivity contribution in [2.24, 2.45) is 0 Å². The molecule has 3 unspecified atom stereocenters. The van der Waals surface area contributed by atoms with Gasteiger partial charge in [-0.15, -0.1) is 0 Å². The van der Waals surface area contributed by atoms with Crippen LogP contribution in [0.3, 0.4) is 0 Å². The molecular weight excluding hydrogens is 218 g/mol. The zero-order chi connectivity index (χ0) is 12.3. The van der Waals surface area contributed by atoms with E-state index < -0.39 is 5.97 Å². The molecule has 0 bridgehead atoms. The van der Waals surface area contributed by atoms with E-state index in [0.717, 1.165) is 45.3 Å². The summed E-state index contributed by atoms with van der Waals surface area (Å²) in [6.45, 7) is 3.79. The van der Waals surface area contributed by atoms with Gasteiger partial charge in [-0.25, -0.2) is 0 Å². The molecule has 98 valence electrons. The SMILES string of the molecule is CC1CC(N2CCCCCC2C(=O)O)CCO1. The number of likely N-dealkylation sites (tertiary alicyclic amines) is 1. The van der Waals surface area contributed by atoms with Crippen LogP contribution in [-0.2, 0) is 9.53 Å². The van der Waals surface area contributed by atoms with Crippen molar-refractivity contribution in [1.29, 1.82) is 0 Å². The lowest BCUT2D eigenvalue weighted by Crippen LogP contribution is -2.50. The van der Waals surface area contributed by atoms with E-state index >= 15 is 0 Å². The highest BCUT2D eigenvalue weighted by molar-refractivity contribution is 5.73. The smallest absolute Gasteiger partial charge is 0.320 e. The highest BCUT2D eigenvalue weighted by Gasteiger charge is 2.34. The van der Waals surface area contributed by atoms with Gasteiger partial charge in [0.05, 0.1) is 6.10 Å². The van der Waals surface area contributed by atoms with Gasteiger partial charge in [-0.3, -0.25) is 9.69 Å². The number of aliphatic carboxylic acids is 1. The van der Waals surface area contributed by atoms with Crippen LogP contribution in [0.2, 0.25) is 0 Å². The molecule has 0 aromatic rings. The van der Waals surface area contributed by atoms with Crippen molar-refractivity contribution in [2.45, 2.75) is 63.6 Å². The molecule has 3 atom stereocenters. The Morgan fingerprint density at radius 2 is 2.12 bits per heavy atom. The van der Waals surface area contributed by atoms with E-state index in [9.17, 15) is 9.90 Å². The van der Waals surface area contributed by atoms with Crippen molar-refractivity contribution in [3.63, 3.8) is 0 Å². The second kappa shape index (κ2) is 5.83. The summed E-state index contributed by atoms with van der Waals surface area (Å²) in [6.07, 6.45) is 6.38. The summed E-state index contributed by atoms with van der Waals surface area (Å²) < 4.78 is 5.55. The van der Waals surface area contributed by atoms with Crippen LogP contribution >= 0.6 is 0 Å². The van der Waals surface area contributed by atoms with E-state index in [4.69, 9.17) is 4.74 Å². The first kappa shape index (κ1) is 12.8. The first-order valence-electron chi connectivity index (χ1n) is 6.78. The minimum absolute atomic E-state index is 0.270. The molecule has 0 aromatic carbocycles. The van der Waals surface area contributed by atoms with Crippen LogP contribution in [0.5, 0.6) is 0 Å². The van der Waals surface area contributed by atoms with E-state index in [0.29, 0.717) is 6.04 Å². The quantitative estimate of drug-likeness (QED) is 0.802. The molecule has 2 heterocycles. The Bertz CT molecular complexity index is 269. The molecule has 1 N–H and O–H groups in total. The molecule has 2 rings (SSSR count). The zero-order valence-corrected chi connectivity index (χ0v) is 10.6. The molecule has 17 heavy (non-hydrogen) atoms. The number of hydrogen-bond acceptors (Lipinski definition) is 3. The first-order valence-corrected chi connectivity index (χ1v) is 6.78. The van der Waals surface area contributed by atoms with Crippen LogP contribution in [0, 0.1) is 0 Å². The predicted octanol–water partition coefficient (Wildman–Crippen LogP) is 1.88. The van der Waals surface area contributed by atoms with Gasteiger partial charge in [0.25, 0.3) is 0 Å². The molecule has 2 saturated heterocycles. The van der Waals surface area contributed by atoms with Crippen molar-refractivity contribution in [3.8, 4) is 0 Å². The summed E-state index contributed by atoms with van der Waals surface area (Å²) in [5.74, 6) is -0.647. The van der Waals surface area contributed by atoms with E-state index in [2.05, 4.69) is 11.8 Å². The van der Waals surface area contributed by atoms with E-state index in [1.807, 2.05) is 0 Å². The predicted molar refractivity (Wildman–Crippen MR) is 65.0 cm³/mol. The van der Waals surface area contributed by atoms with Gasteiger partial charge in [-0.2, -0.15) is 0 Å². The third-order valence-electron chi connectivity index (χ3n) is 4.01. The van der Waals surface area contributed by atoms with E-state index in [1.165, 1.54) is 6.42 Å². The lowest BCUT2D eigenvalue weighted by molar-refractivity contribution is -0.145. The first-order chi connectivity index (χ1) is 8.18. The highest BCUT2D eigenvalue weighted by Crippen LogP contribution is 2.26. The number of carboxylic acids is 1. The third-order valence-corrected chi connectivity index (χ3v) is 4.01. The fourth-order valence-corrected chi connectivity index (χ4v) is 3.11. The average Bonchev–Trinajstić information content (AvgIpc) is 2.54. The lowest BCUT2D eigenvalue weighted by Gasteiger charge is -2.39. The van der Waals surface area contributed by atoms with Gasteiger partial charge in [0.2, 0.25) is 0 Å². The Balaban J connectivity index is 2.05. The molecule has 4 heteroatoms. The van der Waals surface area contributed by atoms with Gasteiger partial charge in [0, 0.05) is 12.6 Å². The Morgan fingerprint density at radius 1 is 1.29 bits per heavy atom. The average molecular weight is 241 g/mol. The molecule has 2 fully saturated rings. The van der Waals surface area contributed by atoms with Gasteiger partial charge in [0.1, 0.15) is 6.04 Å². The summed E-state index contributed by atoms with van der Waals surface area (Å²) in [4.78, 5) is 13.6. The van der Waals surface area contributed by atoms with Crippen molar-refractivity contribution >= 4 is 5.97 Å². The van der Waals surface area contributed by atoms with Crippen LogP contribution in [0.15, 0.2) is 0 Å². The maximum absolute atomic E-state index is 11.4. The van der Waals surface area contributed by atoms with Crippen LogP contribution in [0.25, 0.3) is 0 Å². The standard InChI is InChI=1S/C13H23NO3/c1-10-9-11(6-8-17-10)14-7-4-2-3-5-12(14)13(15)16/h10-12H,2-9H2,1H3,(H,15,16). The van der Waals surface area contributed by atoms with Gasteiger partial charge < -0.3 is 9.84 Å². The number of carbonyl (C=O) groups is 1. The monoisotopic (exact) mass is 241 g/mol. The van der Waals surface area contributed by atoms with Crippen LogP contribution in [0.4, 0.5) is 0 Å². The molecule has 0 aliphatic carbocycles. The minimum atomic E-state index is -0.647. The van der Waals surface area contributed by atoms with Crippen molar-refractivity contribution in [1.82, 2.24) is 4.90 Å². The number of rotatable bonds is 2. The topological polar surface area (TPSA) is 49.8 Å².